The molecule has 0 fully saturated rings. The number of nitrogens with two attached hydrogens (primary N) is 1. The van der Waals surface area contributed by atoms with Crippen LogP contribution in [0.3, 0.4) is 0 Å². The van der Waals surface area contributed by atoms with Gasteiger partial charge in [-0.25, -0.2) is 4.79 Å². The third-order valence-electron chi connectivity index (χ3n) is 4.95. The summed E-state index contributed by atoms with van der Waals surface area (Å²) in [4.78, 5) is 40.0. The molecular weight excluding hydrogens is 344 g/mol. The molecule has 0 unspecified atom stereocenters. The number of hydrogen-bond acceptors (Lipinski definition) is 5. The lowest BCUT2D eigenvalue weighted by Gasteiger charge is -2.30. The van der Waals surface area contributed by atoms with E-state index in [0.717, 1.165) is 29.6 Å². The molecule has 1 aliphatic heterocycles. The first-order chi connectivity index (χ1) is 12.8. The van der Waals surface area contributed by atoms with Gasteiger partial charge >= 0.3 is 5.69 Å². The monoisotopic (exact) mass is 370 g/mol. The maximum atomic E-state index is 13.0. The second kappa shape index (κ2) is 7.42. The smallest absolute Gasteiger partial charge is 0.332 e. The van der Waals surface area contributed by atoms with Gasteiger partial charge in [0.1, 0.15) is 11.4 Å². The molecule has 27 heavy (non-hydrogen) atoms. The number of hydrogen-bond donors (Lipinski definition) is 1. The number of ketones is 1. The summed E-state index contributed by atoms with van der Waals surface area (Å²) < 4.78 is 2.29. The number of carbonyl (C=O) groups is 1. The Labute approximate surface area is 158 Å². The molecule has 0 saturated carbocycles. The highest BCUT2D eigenvalue weighted by Crippen LogP contribution is 2.26. The maximum absolute atomic E-state index is 13.0. The number of nitrogen functional groups attached to an aromatic ring is 1. The summed E-state index contributed by atoms with van der Waals surface area (Å²) in [6, 6.07) is 7.97. The van der Waals surface area contributed by atoms with Crippen LogP contribution in [0.25, 0.3) is 0 Å². The van der Waals surface area contributed by atoms with Gasteiger partial charge in [0.15, 0.2) is 5.78 Å². The zero-order valence-corrected chi connectivity index (χ0v) is 16.1. The van der Waals surface area contributed by atoms with Crippen LogP contribution >= 0.6 is 0 Å². The highest BCUT2D eigenvalue weighted by atomic mass is 16.2. The maximum Gasteiger partial charge on any atom is 0.332 e. The van der Waals surface area contributed by atoms with Crippen LogP contribution in [0.1, 0.15) is 36.2 Å². The third-order valence-corrected chi connectivity index (χ3v) is 4.95. The van der Waals surface area contributed by atoms with Gasteiger partial charge in [-0.1, -0.05) is 32.0 Å². The van der Waals surface area contributed by atoms with Crippen molar-refractivity contribution < 1.29 is 4.79 Å². The van der Waals surface area contributed by atoms with Gasteiger partial charge in [0, 0.05) is 25.8 Å². The molecular formula is C20H26N4O3. The zero-order chi connectivity index (χ0) is 19.7. The quantitative estimate of drug-likeness (QED) is 0.804. The Morgan fingerprint density at radius 2 is 1.93 bits per heavy atom. The predicted molar refractivity (Wildman–Crippen MR) is 106 cm³/mol. The van der Waals surface area contributed by atoms with Gasteiger partial charge < -0.3 is 10.6 Å². The fraction of sp³-hybridized carbons (Fsp3) is 0.450. The van der Waals surface area contributed by atoms with Crippen LogP contribution in [0.2, 0.25) is 0 Å². The number of rotatable bonds is 5. The molecule has 2 N–H and O–H groups in total. The standard InChI is InChI=1S/C20H26N4O3/c1-13(2)11-24-18(21)17(19(26)22(3)20(24)27)16(25)12-23-10-6-8-14-7-4-5-9-15(14)23/h4-5,7,9,13H,6,8,10-12,21H2,1-3H3. The topological polar surface area (TPSA) is 90.3 Å². The highest BCUT2D eigenvalue weighted by molar-refractivity contribution is 6.02. The van der Waals surface area contributed by atoms with Gasteiger partial charge in [-0.3, -0.25) is 18.7 Å². The van der Waals surface area contributed by atoms with E-state index in [4.69, 9.17) is 5.73 Å². The molecule has 1 aromatic carbocycles. The van der Waals surface area contributed by atoms with Crippen LogP contribution in [0.15, 0.2) is 33.9 Å². The summed E-state index contributed by atoms with van der Waals surface area (Å²) >= 11 is 0. The van der Waals surface area contributed by atoms with E-state index in [-0.39, 0.29) is 29.6 Å². The lowest BCUT2D eigenvalue weighted by atomic mass is 10.0. The van der Waals surface area contributed by atoms with E-state index in [0.29, 0.717) is 6.54 Å². The van der Waals surface area contributed by atoms with E-state index in [2.05, 4.69) is 6.07 Å². The highest BCUT2D eigenvalue weighted by Gasteiger charge is 2.25. The number of aromatic nitrogens is 2. The summed E-state index contributed by atoms with van der Waals surface area (Å²) in [5.41, 5.74) is 7.10. The van der Waals surface area contributed by atoms with E-state index < -0.39 is 11.2 Å². The number of para-hydroxylation sites is 1. The largest absolute Gasteiger partial charge is 0.384 e. The molecule has 144 valence electrons. The average Bonchev–Trinajstić information content (AvgIpc) is 2.64. The van der Waals surface area contributed by atoms with E-state index in [1.807, 2.05) is 36.9 Å². The van der Waals surface area contributed by atoms with E-state index in [1.54, 1.807) is 0 Å². The van der Waals surface area contributed by atoms with Crippen LogP contribution in [0.5, 0.6) is 0 Å². The minimum Gasteiger partial charge on any atom is -0.384 e. The molecule has 3 rings (SSSR count). The Hall–Kier alpha value is -2.83. The lowest BCUT2D eigenvalue weighted by molar-refractivity contribution is 0.0996. The average molecular weight is 370 g/mol. The summed E-state index contributed by atoms with van der Waals surface area (Å²) in [6.07, 6.45) is 1.93. The first-order valence-corrected chi connectivity index (χ1v) is 9.26. The number of anilines is 2. The van der Waals surface area contributed by atoms with Crippen LogP contribution in [0, 0.1) is 5.92 Å². The molecule has 0 amide bonds. The van der Waals surface area contributed by atoms with Crippen molar-refractivity contribution in [3.63, 3.8) is 0 Å². The van der Waals surface area contributed by atoms with Crippen molar-refractivity contribution in [2.45, 2.75) is 33.2 Å². The van der Waals surface area contributed by atoms with Gasteiger partial charge in [-0.05, 0) is 30.4 Å². The Kier molecular flexibility index (Phi) is 5.21. The molecule has 0 saturated heterocycles. The molecule has 0 bridgehead atoms. The first kappa shape index (κ1) is 18.9. The number of benzene rings is 1. The van der Waals surface area contributed by atoms with Crippen molar-refractivity contribution in [3.05, 3.63) is 56.2 Å². The predicted octanol–water partition coefficient (Wildman–Crippen LogP) is 1.42. The number of carbonyl (C=O) groups excluding carboxylic acids is 1. The SMILES string of the molecule is CC(C)Cn1c(N)c(C(=O)CN2CCCc3ccccc32)c(=O)n(C)c1=O. The number of aryl methyl sites for hydroxylation is 1. The van der Waals surface area contributed by atoms with Crippen molar-refractivity contribution in [2.75, 3.05) is 23.7 Å². The molecule has 0 spiro atoms. The fourth-order valence-corrected chi connectivity index (χ4v) is 3.62. The Morgan fingerprint density at radius 3 is 2.63 bits per heavy atom. The van der Waals surface area contributed by atoms with Gasteiger partial charge in [0.05, 0.1) is 6.54 Å². The van der Waals surface area contributed by atoms with E-state index in [9.17, 15) is 14.4 Å². The van der Waals surface area contributed by atoms with Gasteiger partial charge in [-0.15, -0.1) is 0 Å². The number of fused-ring (bicyclic) bond motifs is 1. The minimum absolute atomic E-state index is 0.0351. The van der Waals surface area contributed by atoms with E-state index in [1.165, 1.54) is 17.2 Å². The zero-order valence-electron chi connectivity index (χ0n) is 16.1. The molecule has 0 atom stereocenters. The Balaban J connectivity index is 2.00. The van der Waals surface area contributed by atoms with Crippen molar-refractivity contribution in [2.24, 2.45) is 13.0 Å². The van der Waals surface area contributed by atoms with Gasteiger partial charge in [0.2, 0.25) is 0 Å². The Morgan fingerprint density at radius 1 is 1.22 bits per heavy atom. The molecule has 1 aromatic heterocycles. The van der Waals surface area contributed by atoms with Crippen LogP contribution in [-0.4, -0.2) is 28.0 Å². The van der Waals surface area contributed by atoms with Gasteiger partial charge in [0.25, 0.3) is 5.56 Å². The van der Waals surface area contributed by atoms with Crippen LogP contribution < -0.4 is 21.9 Å². The molecule has 7 heteroatoms. The second-order valence-corrected chi connectivity index (χ2v) is 7.49. The van der Waals surface area contributed by atoms with Crippen molar-refractivity contribution in [1.29, 1.82) is 0 Å². The summed E-state index contributed by atoms with van der Waals surface area (Å²) in [5.74, 6) is -0.242. The summed E-state index contributed by atoms with van der Waals surface area (Å²) in [5, 5.41) is 0. The summed E-state index contributed by atoms with van der Waals surface area (Å²) in [6.45, 7) is 5.06. The Bertz CT molecular complexity index is 988. The molecule has 2 aromatic rings. The fourth-order valence-electron chi connectivity index (χ4n) is 3.62. The second-order valence-electron chi connectivity index (χ2n) is 7.49. The molecule has 0 aliphatic carbocycles. The van der Waals surface area contributed by atoms with Gasteiger partial charge in [-0.2, -0.15) is 0 Å². The lowest BCUT2D eigenvalue weighted by Crippen LogP contribution is -2.45. The van der Waals surface area contributed by atoms with Crippen molar-refractivity contribution >= 4 is 17.3 Å². The van der Waals surface area contributed by atoms with Crippen molar-refractivity contribution in [3.8, 4) is 0 Å². The third kappa shape index (κ3) is 3.54. The van der Waals surface area contributed by atoms with Crippen LogP contribution in [-0.2, 0) is 20.0 Å². The summed E-state index contributed by atoms with van der Waals surface area (Å²) in [7, 11) is 1.38. The van der Waals surface area contributed by atoms with Crippen molar-refractivity contribution in [1.82, 2.24) is 9.13 Å². The first-order valence-electron chi connectivity index (χ1n) is 9.26. The number of nitrogens with zero attached hydrogens (tertiary/aromatic N) is 3. The molecule has 2 heterocycles. The normalized spacial score (nSPS) is 13.7. The van der Waals surface area contributed by atoms with Crippen LogP contribution in [0.4, 0.5) is 11.5 Å². The van der Waals surface area contributed by atoms with E-state index >= 15 is 0 Å². The molecule has 1 aliphatic rings. The molecule has 7 nitrogen and oxygen atoms in total. The minimum atomic E-state index is -0.632. The molecule has 0 radical (unpaired) electrons. The number of Topliss-reactive ketones (excluding diaryl/α,β-unsaturated/α-hetero) is 1.